The smallest absolute Gasteiger partial charge is 0.261 e. The lowest BCUT2D eigenvalue weighted by Gasteiger charge is -2.45. The molecule has 2 aromatic rings. The summed E-state index contributed by atoms with van der Waals surface area (Å²) in [7, 11) is 1.66. The number of carbonyl (C=O) groups is 1. The molecule has 232 valence electrons. The highest BCUT2D eigenvalue weighted by Crippen LogP contribution is 2.46. The van der Waals surface area contributed by atoms with Crippen LogP contribution in [0.15, 0.2) is 48.6 Å². The number of methoxy groups -OCH3 is 1. The van der Waals surface area contributed by atoms with Crippen molar-refractivity contribution in [1.82, 2.24) is 4.72 Å². The summed E-state index contributed by atoms with van der Waals surface area (Å²) in [6.45, 7) is 3.75. The molecule has 2 bridgehead atoms. The third-order valence-electron chi connectivity index (χ3n) is 9.71. The topological polar surface area (TPSA) is 80.3 Å². The molecule has 0 unspecified atom stereocenters. The largest absolute Gasteiger partial charge is 0.490 e. The van der Waals surface area contributed by atoms with E-state index < -0.39 is 6.10 Å². The molecule has 1 spiro atoms. The van der Waals surface area contributed by atoms with Crippen LogP contribution in [0, 0.1) is 11.8 Å². The Balaban J connectivity index is 1.31. The Morgan fingerprint density at radius 3 is 2.93 bits per heavy atom. The van der Waals surface area contributed by atoms with Crippen LogP contribution in [-0.4, -0.2) is 69.0 Å². The molecule has 2 aliphatic carbocycles. The quantitative estimate of drug-likeness (QED) is 0.241. The Kier molecular flexibility index (Phi) is 9.89. The molecular formula is C34H43ClN2O5S. The van der Waals surface area contributed by atoms with E-state index in [4.69, 9.17) is 25.8 Å². The first kappa shape index (κ1) is 30.8. The van der Waals surface area contributed by atoms with E-state index in [1.54, 1.807) is 7.11 Å². The first-order chi connectivity index (χ1) is 21.0. The first-order valence-electron chi connectivity index (χ1n) is 15.6. The zero-order valence-corrected chi connectivity index (χ0v) is 26.5. The van der Waals surface area contributed by atoms with Gasteiger partial charge in [0.15, 0.2) is 0 Å². The second kappa shape index (κ2) is 13.8. The van der Waals surface area contributed by atoms with Gasteiger partial charge in [-0.05, 0) is 110 Å². The zero-order valence-electron chi connectivity index (χ0n) is 24.9. The van der Waals surface area contributed by atoms with Gasteiger partial charge >= 0.3 is 0 Å². The molecule has 5 atom stereocenters. The van der Waals surface area contributed by atoms with Gasteiger partial charge < -0.3 is 24.2 Å². The molecule has 1 amide bonds. The lowest BCUT2D eigenvalue weighted by atomic mass is 9.68. The van der Waals surface area contributed by atoms with E-state index in [1.165, 1.54) is 23.1 Å². The number of fused-ring (bicyclic) bond motifs is 4. The Hall–Kier alpha value is -2.23. The van der Waals surface area contributed by atoms with Crippen molar-refractivity contribution in [1.29, 1.82) is 0 Å². The van der Waals surface area contributed by atoms with Gasteiger partial charge in [0.25, 0.3) is 5.91 Å². The molecule has 43 heavy (non-hydrogen) atoms. The van der Waals surface area contributed by atoms with E-state index >= 15 is 0 Å². The molecule has 4 aliphatic rings. The zero-order chi connectivity index (χ0) is 29.8. The number of ether oxygens (including phenoxy) is 3. The lowest BCUT2D eigenvalue weighted by Crippen LogP contribution is -2.49. The molecule has 0 aromatic heterocycles. The van der Waals surface area contributed by atoms with Gasteiger partial charge in [0.05, 0.1) is 38.2 Å². The fourth-order valence-electron chi connectivity index (χ4n) is 7.20. The minimum atomic E-state index is -0.462. The van der Waals surface area contributed by atoms with Crippen LogP contribution in [-0.2, 0) is 21.3 Å². The van der Waals surface area contributed by atoms with Crippen molar-refractivity contribution >= 4 is 35.1 Å². The number of allylic oxidation sites excluding steroid dienone is 1. The number of nitrogens with one attached hydrogen (secondary N) is 1. The van der Waals surface area contributed by atoms with E-state index in [0.717, 1.165) is 74.5 Å². The molecule has 2 N–H and O–H groups in total. The number of carbonyl (C=O) groups excluding carboxylic acids is 1. The van der Waals surface area contributed by atoms with Gasteiger partial charge in [-0.15, -0.1) is 0 Å². The van der Waals surface area contributed by atoms with Crippen LogP contribution in [0.1, 0.15) is 60.0 Å². The summed E-state index contributed by atoms with van der Waals surface area (Å²) >= 11 is 7.83. The molecule has 9 heteroatoms. The van der Waals surface area contributed by atoms with Gasteiger partial charge in [0, 0.05) is 41.5 Å². The summed E-state index contributed by atoms with van der Waals surface area (Å²) in [5.74, 6) is 1.27. The number of anilines is 1. The Bertz CT molecular complexity index is 1320. The van der Waals surface area contributed by atoms with Crippen LogP contribution < -0.4 is 14.4 Å². The summed E-state index contributed by atoms with van der Waals surface area (Å²) in [5.41, 5.74) is 4.03. The van der Waals surface area contributed by atoms with Gasteiger partial charge in [0.1, 0.15) is 5.75 Å². The predicted octanol–water partition coefficient (Wildman–Crippen LogP) is 5.96. The summed E-state index contributed by atoms with van der Waals surface area (Å²) in [5, 5.41) is 12.0. The number of rotatable bonds is 5. The van der Waals surface area contributed by atoms with Gasteiger partial charge in [-0.25, -0.2) is 0 Å². The number of aliphatic hydroxyl groups is 1. The van der Waals surface area contributed by atoms with Gasteiger partial charge in [0.2, 0.25) is 0 Å². The number of halogens is 1. The van der Waals surface area contributed by atoms with Crippen molar-refractivity contribution < 1.29 is 24.1 Å². The maximum Gasteiger partial charge on any atom is 0.261 e. The molecule has 6 rings (SSSR count). The van der Waals surface area contributed by atoms with Crippen LogP contribution in [0.2, 0.25) is 5.02 Å². The summed E-state index contributed by atoms with van der Waals surface area (Å²) in [6.07, 6.45) is 10.5. The SMILES string of the molecule is COCCOC[C@H]1CC/C=C\[C@H](O)[C@@H]2CC[C@H]2CN2C[C@@]3(CCCc4cc(Cl)ccc43)COc3ccc(cc32)C(=O)NS1. The summed E-state index contributed by atoms with van der Waals surface area (Å²) in [4.78, 5) is 15.9. The summed E-state index contributed by atoms with van der Waals surface area (Å²) < 4.78 is 20.6. The maximum absolute atomic E-state index is 13.5. The second-order valence-corrected chi connectivity index (χ2v) is 14.1. The minimum Gasteiger partial charge on any atom is -0.490 e. The molecule has 2 aromatic carbocycles. The third kappa shape index (κ3) is 6.89. The monoisotopic (exact) mass is 626 g/mol. The molecule has 1 fully saturated rings. The highest BCUT2D eigenvalue weighted by Gasteiger charge is 2.44. The van der Waals surface area contributed by atoms with E-state index in [2.05, 4.69) is 27.8 Å². The van der Waals surface area contributed by atoms with Crippen molar-refractivity contribution in [3.05, 3.63) is 70.3 Å². The van der Waals surface area contributed by atoms with Crippen molar-refractivity contribution in [3.8, 4) is 5.75 Å². The van der Waals surface area contributed by atoms with E-state index in [-0.39, 0.29) is 22.5 Å². The van der Waals surface area contributed by atoms with Crippen LogP contribution in [0.5, 0.6) is 5.75 Å². The van der Waals surface area contributed by atoms with Crippen molar-refractivity contribution in [2.24, 2.45) is 11.8 Å². The average Bonchev–Trinajstić information content (AvgIpc) is 3.14. The first-order valence-corrected chi connectivity index (χ1v) is 16.9. The highest BCUT2D eigenvalue weighted by atomic mass is 35.5. The fraction of sp³-hybridized carbons (Fsp3) is 0.559. The molecule has 7 nitrogen and oxygen atoms in total. The molecule has 0 radical (unpaired) electrons. The Morgan fingerprint density at radius 2 is 2.09 bits per heavy atom. The number of amides is 1. The average molecular weight is 627 g/mol. The highest BCUT2D eigenvalue weighted by molar-refractivity contribution is 7.98. The molecule has 2 heterocycles. The van der Waals surface area contributed by atoms with Gasteiger partial charge in [-0.1, -0.05) is 29.8 Å². The number of benzene rings is 2. The van der Waals surface area contributed by atoms with Crippen LogP contribution >= 0.6 is 23.5 Å². The molecule has 2 aliphatic heterocycles. The standard InChI is InChI=1S/C34H43ClN2O5S/c1-40-15-16-41-20-27-6-2-3-7-31(38)28-11-8-25(28)19-37-21-34(14-4-5-23-17-26(35)10-12-29(23)34)22-42-32-13-9-24(18-30(32)37)33(39)36-43-27/h3,7,9-10,12-13,17-18,25,27-28,31,38H,2,4-6,8,11,14-16,19-22H2,1H3,(H,36,39)/b7-3-/t25-,27+,28+,31-,34-/m0/s1. The molecular weight excluding hydrogens is 584 g/mol. The van der Waals surface area contributed by atoms with Crippen molar-refractivity contribution in [2.75, 3.05) is 51.5 Å². The van der Waals surface area contributed by atoms with Crippen LogP contribution in [0.4, 0.5) is 5.69 Å². The minimum absolute atomic E-state index is 0.0762. The molecule has 0 saturated heterocycles. The number of hydrogen-bond donors (Lipinski definition) is 2. The van der Waals surface area contributed by atoms with Crippen molar-refractivity contribution in [3.63, 3.8) is 0 Å². The maximum atomic E-state index is 13.5. The van der Waals surface area contributed by atoms with Gasteiger partial charge in [-0.2, -0.15) is 0 Å². The van der Waals surface area contributed by atoms with Gasteiger partial charge in [-0.3, -0.25) is 9.52 Å². The number of nitrogens with zero attached hydrogens (tertiary/aromatic N) is 1. The molecule has 1 saturated carbocycles. The van der Waals surface area contributed by atoms with Crippen LogP contribution in [0.25, 0.3) is 0 Å². The fourth-order valence-corrected chi connectivity index (χ4v) is 8.20. The van der Waals surface area contributed by atoms with E-state index in [1.807, 2.05) is 30.3 Å². The van der Waals surface area contributed by atoms with E-state index in [9.17, 15) is 9.90 Å². The Morgan fingerprint density at radius 1 is 1.19 bits per heavy atom. The van der Waals surface area contributed by atoms with Crippen LogP contribution in [0.3, 0.4) is 0 Å². The predicted molar refractivity (Wildman–Crippen MR) is 172 cm³/mol. The van der Waals surface area contributed by atoms with Crippen molar-refractivity contribution in [2.45, 2.75) is 61.7 Å². The number of hydrogen-bond acceptors (Lipinski definition) is 7. The second-order valence-electron chi connectivity index (χ2n) is 12.5. The number of aryl methyl sites for hydroxylation is 1. The summed E-state index contributed by atoms with van der Waals surface area (Å²) in [6, 6.07) is 12.1. The third-order valence-corrected chi connectivity index (χ3v) is 11.0. The Labute approximate surface area is 264 Å². The van der Waals surface area contributed by atoms with E-state index in [0.29, 0.717) is 37.9 Å². The lowest BCUT2D eigenvalue weighted by molar-refractivity contribution is 0.0456. The number of aliphatic hydroxyl groups excluding tert-OH is 1. The normalized spacial score (nSPS) is 29.8.